The Bertz CT molecular complexity index is 527. The number of aromatic nitrogens is 3. The second-order valence-electron chi connectivity index (χ2n) is 3.96. The van der Waals surface area contributed by atoms with Gasteiger partial charge in [-0.1, -0.05) is 21.1 Å². The average Bonchev–Trinajstić information content (AvgIpc) is 2.76. The van der Waals surface area contributed by atoms with Crippen molar-refractivity contribution in [3.63, 3.8) is 0 Å². The smallest absolute Gasteiger partial charge is 0.134 e. The van der Waals surface area contributed by atoms with Gasteiger partial charge < -0.3 is 10.1 Å². The van der Waals surface area contributed by atoms with Gasteiger partial charge in [0.15, 0.2) is 0 Å². The van der Waals surface area contributed by atoms with Gasteiger partial charge in [0.25, 0.3) is 0 Å². The number of rotatable bonds is 5. The van der Waals surface area contributed by atoms with Crippen LogP contribution in [0.1, 0.15) is 11.3 Å². The van der Waals surface area contributed by atoms with Crippen LogP contribution in [0.4, 0.5) is 0 Å². The summed E-state index contributed by atoms with van der Waals surface area (Å²) in [5.74, 6) is 0.828. The Balaban J connectivity index is 2.03. The third-order valence-electron chi connectivity index (χ3n) is 2.42. The van der Waals surface area contributed by atoms with Gasteiger partial charge in [-0.2, -0.15) is 0 Å². The van der Waals surface area contributed by atoms with Crippen molar-refractivity contribution < 1.29 is 4.74 Å². The summed E-state index contributed by atoms with van der Waals surface area (Å²) in [4.78, 5) is 0. The molecule has 0 bridgehead atoms. The molecule has 0 spiro atoms. The van der Waals surface area contributed by atoms with E-state index in [1.54, 1.807) is 4.68 Å². The number of ether oxygens (including phenoxy) is 1. The minimum Gasteiger partial charge on any atom is -0.487 e. The van der Waals surface area contributed by atoms with Crippen LogP contribution in [0.3, 0.4) is 0 Å². The molecule has 0 saturated heterocycles. The lowest BCUT2D eigenvalue weighted by Crippen LogP contribution is -2.06. The van der Waals surface area contributed by atoms with Crippen LogP contribution in [0.15, 0.2) is 28.9 Å². The maximum atomic E-state index is 5.68. The van der Waals surface area contributed by atoms with E-state index >= 15 is 0 Å². The number of hydrogen-bond acceptors (Lipinski definition) is 4. The van der Waals surface area contributed by atoms with Crippen molar-refractivity contribution in [2.45, 2.75) is 13.2 Å². The number of halogens is 1. The Kier molecular flexibility index (Phi) is 4.33. The third-order valence-corrected chi connectivity index (χ3v) is 3.19. The molecular formula is C12H15BrN4O. The highest BCUT2D eigenvalue weighted by Gasteiger charge is 2.03. The predicted molar refractivity (Wildman–Crippen MR) is 72.2 cm³/mol. The van der Waals surface area contributed by atoms with Crippen molar-refractivity contribution >= 4 is 15.9 Å². The van der Waals surface area contributed by atoms with Crippen LogP contribution in [0.25, 0.3) is 0 Å². The molecule has 96 valence electrons. The Hall–Kier alpha value is -1.40. The minimum absolute atomic E-state index is 0.425. The summed E-state index contributed by atoms with van der Waals surface area (Å²) >= 11 is 3.51. The van der Waals surface area contributed by atoms with Crippen molar-refractivity contribution in [1.82, 2.24) is 20.3 Å². The second kappa shape index (κ2) is 5.97. The monoisotopic (exact) mass is 310 g/mol. The van der Waals surface area contributed by atoms with E-state index in [1.807, 2.05) is 38.5 Å². The molecular weight excluding hydrogens is 296 g/mol. The molecule has 0 aliphatic heterocycles. The zero-order valence-electron chi connectivity index (χ0n) is 10.4. The molecule has 0 radical (unpaired) electrons. The van der Waals surface area contributed by atoms with Crippen LogP contribution in [0.5, 0.6) is 5.75 Å². The molecule has 6 heteroatoms. The van der Waals surface area contributed by atoms with Crippen LogP contribution in [-0.4, -0.2) is 22.0 Å². The molecule has 1 aromatic carbocycles. The molecule has 2 rings (SSSR count). The summed E-state index contributed by atoms with van der Waals surface area (Å²) in [6, 6.07) is 5.93. The van der Waals surface area contributed by atoms with E-state index in [0.29, 0.717) is 6.61 Å². The van der Waals surface area contributed by atoms with Crippen molar-refractivity contribution in [1.29, 1.82) is 0 Å². The van der Waals surface area contributed by atoms with Gasteiger partial charge >= 0.3 is 0 Å². The van der Waals surface area contributed by atoms with Gasteiger partial charge in [0.2, 0.25) is 0 Å². The van der Waals surface area contributed by atoms with Crippen LogP contribution in [-0.2, 0) is 20.2 Å². The molecule has 5 nitrogen and oxygen atoms in total. The highest BCUT2D eigenvalue weighted by Crippen LogP contribution is 2.23. The molecule has 0 aliphatic rings. The van der Waals surface area contributed by atoms with Crippen molar-refractivity contribution in [3.8, 4) is 5.75 Å². The van der Waals surface area contributed by atoms with Crippen LogP contribution >= 0.6 is 15.9 Å². The maximum Gasteiger partial charge on any atom is 0.134 e. The van der Waals surface area contributed by atoms with E-state index < -0.39 is 0 Å². The maximum absolute atomic E-state index is 5.68. The number of benzene rings is 1. The number of nitrogens with zero attached hydrogens (tertiary/aromatic N) is 3. The Morgan fingerprint density at radius 3 is 2.94 bits per heavy atom. The number of aryl methyl sites for hydroxylation is 1. The first kappa shape index (κ1) is 13.0. The van der Waals surface area contributed by atoms with Gasteiger partial charge in [-0.25, -0.2) is 0 Å². The molecule has 1 N–H and O–H groups in total. The molecule has 2 aromatic rings. The van der Waals surface area contributed by atoms with Gasteiger partial charge in [0.05, 0.1) is 6.20 Å². The topological polar surface area (TPSA) is 52.0 Å². The fraction of sp³-hybridized carbons (Fsp3) is 0.333. The minimum atomic E-state index is 0.425. The largest absolute Gasteiger partial charge is 0.487 e. The molecule has 0 saturated carbocycles. The zero-order valence-corrected chi connectivity index (χ0v) is 11.9. The van der Waals surface area contributed by atoms with Gasteiger partial charge in [0, 0.05) is 18.1 Å². The predicted octanol–water partition coefficient (Wildman–Crippen LogP) is 1.88. The van der Waals surface area contributed by atoms with Crippen molar-refractivity contribution in [2.24, 2.45) is 7.05 Å². The highest BCUT2D eigenvalue weighted by atomic mass is 79.9. The van der Waals surface area contributed by atoms with Crippen LogP contribution in [0.2, 0.25) is 0 Å². The zero-order chi connectivity index (χ0) is 13.0. The summed E-state index contributed by atoms with van der Waals surface area (Å²) in [5, 5.41) is 11.0. The summed E-state index contributed by atoms with van der Waals surface area (Å²) in [5.41, 5.74) is 1.98. The first-order valence-corrected chi connectivity index (χ1v) is 6.39. The molecule has 1 aromatic heterocycles. The highest BCUT2D eigenvalue weighted by molar-refractivity contribution is 9.10. The van der Waals surface area contributed by atoms with Gasteiger partial charge in [-0.05, 0) is 30.8 Å². The number of nitrogens with one attached hydrogen (secondary N) is 1. The average molecular weight is 311 g/mol. The summed E-state index contributed by atoms with van der Waals surface area (Å²) in [7, 11) is 3.75. The van der Waals surface area contributed by atoms with Crippen molar-refractivity contribution in [3.05, 3.63) is 40.1 Å². The fourth-order valence-corrected chi connectivity index (χ4v) is 1.97. The van der Waals surface area contributed by atoms with Gasteiger partial charge in [-0.15, -0.1) is 5.10 Å². The third kappa shape index (κ3) is 3.30. The standard InChI is InChI=1S/C12H15BrN4O/c1-14-6-9-5-11(3-4-12(9)13)18-8-10-7-17(2)16-15-10/h3-5,7,14H,6,8H2,1-2H3. The molecule has 0 fully saturated rings. The normalized spacial score (nSPS) is 10.6. The van der Waals surface area contributed by atoms with Crippen molar-refractivity contribution in [2.75, 3.05) is 7.05 Å². The van der Waals surface area contributed by atoms with Crippen LogP contribution in [0, 0.1) is 0 Å². The lowest BCUT2D eigenvalue weighted by Gasteiger charge is -2.08. The SMILES string of the molecule is CNCc1cc(OCc2cn(C)nn2)ccc1Br. The lowest BCUT2D eigenvalue weighted by molar-refractivity contribution is 0.300. The van der Waals surface area contributed by atoms with Gasteiger partial charge in [0.1, 0.15) is 18.1 Å². The van der Waals surface area contributed by atoms with E-state index in [0.717, 1.165) is 28.0 Å². The van der Waals surface area contributed by atoms with E-state index in [1.165, 1.54) is 0 Å². The molecule has 0 unspecified atom stereocenters. The van der Waals surface area contributed by atoms with E-state index in [2.05, 4.69) is 31.6 Å². The summed E-state index contributed by atoms with van der Waals surface area (Å²) in [6.45, 7) is 1.22. The Morgan fingerprint density at radius 1 is 1.44 bits per heavy atom. The fourth-order valence-electron chi connectivity index (χ4n) is 1.59. The van der Waals surface area contributed by atoms with Gasteiger partial charge in [-0.3, -0.25) is 4.68 Å². The first-order valence-electron chi connectivity index (χ1n) is 5.60. The van der Waals surface area contributed by atoms with E-state index in [-0.39, 0.29) is 0 Å². The lowest BCUT2D eigenvalue weighted by atomic mass is 10.2. The van der Waals surface area contributed by atoms with E-state index in [4.69, 9.17) is 4.74 Å². The van der Waals surface area contributed by atoms with Crippen LogP contribution < -0.4 is 10.1 Å². The Labute approximate surface area is 114 Å². The van der Waals surface area contributed by atoms with E-state index in [9.17, 15) is 0 Å². The second-order valence-corrected chi connectivity index (χ2v) is 4.81. The Morgan fingerprint density at radius 2 is 2.28 bits per heavy atom. The molecule has 0 aliphatic carbocycles. The number of hydrogen-bond donors (Lipinski definition) is 1. The first-order chi connectivity index (χ1) is 8.69. The summed E-state index contributed by atoms with van der Waals surface area (Å²) < 4.78 is 8.42. The quantitative estimate of drug-likeness (QED) is 0.916. The molecule has 18 heavy (non-hydrogen) atoms. The summed E-state index contributed by atoms with van der Waals surface area (Å²) in [6.07, 6.45) is 1.84. The molecule has 1 heterocycles. The molecule has 0 amide bonds. The molecule has 0 atom stereocenters.